The van der Waals surface area contributed by atoms with Crippen molar-refractivity contribution >= 4 is 5.69 Å². The molecular weight excluding hydrogens is 272 g/mol. The Bertz CT molecular complexity index is 493. The molecule has 6 heteroatoms. The van der Waals surface area contributed by atoms with Crippen LogP contribution in [-0.4, -0.2) is 29.8 Å². The Hall–Kier alpha value is -1.66. The van der Waals surface area contributed by atoms with Crippen LogP contribution in [0, 0.1) is 16.0 Å². The highest BCUT2D eigenvalue weighted by Crippen LogP contribution is 2.24. The minimum Gasteiger partial charge on any atom is -0.496 e. The normalized spacial score (nSPS) is 22.0. The number of hydrogen-bond donors (Lipinski definition) is 2. The molecule has 116 valence electrons. The average Bonchev–Trinajstić information content (AvgIpc) is 2.47. The highest BCUT2D eigenvalue weighted by atomic mass is 16.6. The molecule has 2 N–H and O–H groups in total. The summed E-state index contributed by atoms with van der Waals surface area (Å²) in [7, 11) is 1.50. The minimum atomic E-state index is -0.413. The second-order valence-corrected chi connectivity index (χ2v) is 5.61. The van der Waals surface area contributed by atoms with Gasteiger partial charge in [-0.1, -0.05) is 6.42 Å². The zero-order valence-corrected chi connectivity index (χ0v) is 12.2. The number of nitro benzene ring substituents is 1. The van der Waals surface area contributed by atoms with Crippen molar-refractivity contribution in [2.45, 2.75) is 38.3 Å². The monoisotopic (exact) mass is 294 g/mol. The fourth-order valence-corrected chi connectivity index (χ4v) is 2.84. The summed E-state index contributed by atoms with van der Waals surface area (Å²) >= 11 is 0. The molecule has 0 saturated heterocycles. The summed E-state index contributed by atoms with van der Waals surface area (Å²) in [5, 5.41) is 23.8. The molecule has 0 heterocycles. The summed E-state index contributed by atoms with van der Waals surface area (Å²) in [4.78, 5) is 10.5. The van der Waals surface area contributed by atoms with Gasteiger partial charge < -0.3 is 15.2 Å². The molecule has 2 atom stereocenters. The summed E-state index contributed by atoms with van der Waals surface area (Å²) in [6.45, 7) is 1.38. The first-order chi connectivity index (χ1) is 10.1. The van der Waals surface area contributed by atoms with Crippen LogP contribution < -0.4 is 10.1 Å². The number of rotatable bonds is 6. The van der Waals surface area contributed by atoms with Gasteiger partial charge in [-0.2, -0.15) is 0 Å². The van der Waals surface area contributed by atoms with Crippen molar-refractivity contribution in [3.63, 3.8) is 0 Å². The van der Waals surface area contributed by atoms with Crippen LogP contribution in [0.25, 0.3) is 0 Å². The molecule has 0 spiro atoms. The van der Waals surface area contributed by atoms with Crippen LogP contribution in [0.15, 0.2) is 18.2 Å². The zero-order valence-electron chi connectivity index (χ0n) is 12.2. The van der Waals surface area contributed by atoms with Crippen LogP contribution in [0.1, 0.15) is 31.2 Å². The molecule has 1 aliphatic rings. The van der Waals surface area contributed by atoms with Gasteiger partial charge in [0.2, 0.25) is 0 Å². The fraction of sp³-hybridized carbons (Fsp3) is 0.600. The van der Waals surface area contributed by atoms with Gasteiger partial charge in [-0.3, -0.25) is 10.1 Å². The first-order valence-corrected chi connectivity index (χ1v) is 7.29. The molecule has 0 aromatic heterocycles. The number of ether oxygens (including phenoxy) is 1. The van der Waals surface area contributed by atoms with Crippen LogP contribution in [0.3, 0.4) is 0 Å². The molecule has 1 aromatic carbocycles. The van der Waals surface area contributed by atoms with Crippen molar-refractivity contribution in [2.75, 3.05) is 13.7 Å². The van der Waals surface area contributed by atoms with Crippen molar-refractivity contribution in [1.29, 1.82) is 0 Å². The number of aliphatic hydroxyl groups excluding tert-OH is 1. The summed E-state index contributed by atoms with van der Waals surface area (Å²) in [5.41, 5.74) is 0.872. The third-order valence-electron chi connectivity index (χ3n) is 3.91. The van der Waals surface area contributed by atoms with E-state index >= 15 is 0 Å². The second kappa shape index (κ2) is 7.38. The highest BCUT2D eigenvalue weighted by molar-refractivity contribution is 5.42. The summed E-state index contributed by atoms with van der Waals surface area (Å²) in [5.74, 6) is 0.975. The lowest BCUT2D eigenvalue weighted by atomic mass is 9.87. The second-order valence-electron chi connectivity index (χ2n) is 5.61. The van der Waals surface area contributed by atoms with E-state index in [-0.39, 0.29) is 11.8 Å². The van der Waals surface area contributed by atoms with E-state index < -0.39 is 4.92 Å². The lowest BCUT2D eigenvalue weighted by molar-refractivity contribution is -0.385. The van der Waals surface area contributed by atoms with Crippen molar-refractivity contribution < 1.29 is 14.8 Å². The predicted molar refractivity (Wildman–Crippen MR) is 79.3 cm³/mol. The Kier molecular flexibility index (Phi) is 5.52. The maximum atomic E-state index is 10.9. The molecule has 1 aromatic rings. The van der Waals surface area contributed by atoms with E-state index in [0.717, 1.165) is 37.8 Å². The Morgan fingerprint density at radius 3 is 2.90 bits per heavy atom. The Labute approximate surface area is 124 Å². The molecule has 1 fully saturated rings. The van der Waals surface area contributed by atoms with E-state index in [2.05, 4.69) is 5.32 Å². The lowest BCUT2D eigenvalue weighted by Crippen LogP contribution is -2.28. The summed E-state index contributed by atoms with van der Waals surface area (Å²) < 4.78 is 5.09. The number of nitrogens with one attached hydrogen (secondary N) is 1. The first kappa shape index (κ1) is 15.7. The quantitative estimate of drug-likeness (QED) is 0.621. The first-order valence-electron chi connectivity index (χ1n) is 7.29. The van der Waals surface area contributed by atoms with Gasteiger partial charge in [-0.15, -0.1) is 0 Å². The van der Waals surface area contributed by atoms with Gasteiger partial charge in [0, 0.05) is 12.6 Å². The van der Waals surface area contributed by atoms with Crippen molar-refractivity contribution in [2.24, 2.45) is 5.92 Å². The van der Waals surface area contributed by atoms with Crippen LogP contribution in [0.4, 0.5) is 5.69 Å². The maximum Gasteiger partial charge on any atom is 0.273 e. The number of hydrogen-bond acceptors (Lipinski definition) is 5. The van der Waals surface area contributed by atoms with Crippen LogP contribution in [0.2, 0.25) is 0 Å². The molecule has 1 saturated carbocycles. The topological polar surface area (TPSA) is 84.6 Å². The van der Waals surface area contributed by atoms with E-state index in [1.165, 1.54) is 13.2 Å². The molecule has 0 aliphatic heterocycles. The molecule has 2 rings (SSSR count). The maximum absolute atomic E-state index is 10.9. The van der Waals surface area contributed by atoms with Crippen molar-refractivity contribution in [1.82, 2.24) is 5.32 Å². The molecule has 0 radical (unpaired) electrons. The summed E-state index contributed by atoms with van der Waals surface area (Å²) in [6.07, 6.45) is 3.76. The zero-order chi connectivity index (χ0) is 15.2. The van der Waals surface area contributed by atoms with Gasteiger partial charge in [0.25, 0.3) is 5.69 Å². The van der Waals surface area contributed by atoms with Gasteiger partial charge in [0.05, 0.1) is 24.2 Å². The Balaban J connectivity index is 1.90. The van der Waals surface area contributed by atoms with Gasteiger partial charge >= 0.3 is 0 Å². The number of nitro groups is 1. The van der Waals surface area contributed by atoms with Crippen LogP contribution in [-0.2, 0) is 6.54 Å². The number of methoxy groups -OCH3 is 1. The third kappa shape index (κ3) is 4.68. The average molecular weight is 294 g/mol. The molecule has 1 aliphatic carbocycles. The molecule has 21 heavy (non-hydrogen) atoms. The largest absolute Gasteiger partial charge is 0.496 e. The number of aliphatic hydroxyl groups is 1. The van der Waals surface area contributed by atoms with Crippen LogP contribution >= 0.6 is 0 Å². The number of benzene rings is 1. The van der Waals surface area contributed by atoms with Gasteiger partial charge in [0.15, 0.2) is 0 Å². The van der Waals surface area contributed by atoms with E-state index in [4.69, 9.17) is 4.74 Å². The minimum absolute atomic E-state index is 0.0410. The SMILES string of the molecule is COc1cc(CNCC2CCCC(O)C2)cc([N+](=O)[O-])c1. The Morgan fingerprint density at radius 2 is 2.24 bits per heavy atom. The van der Waals surface area contributed by atoms with Crippen molar-refractivity contribution in [3.05, 3.63) is 33.9 Å². The van der Waals surface area contributed by atoms with E-state index in [9.17, 15) is 15.2 Å². The van der Waals surface area contributed by atoms with Crippen molar-refractivity contribution in [3.8, 4) is 5.75 Å². The smallest absolute Gasteiger partial charge is 0.273 e. The highest BCUT2D eigenvalue weighted by Gasteiger charge is 2.19. The van der Waals surface area contributed by atoms with Gasteiger partial charge in [-0.25, -0.2) is 0 Å². The van der Waals surface area contributed by atoms with Gasteiger partial charge in [0.1, 0.15) is 5.75 Å². The fourth-order valence-electron chi connectivity index (χ4n) is 2.84. The molecular formula is C15H22N2O4. The summed E-state index contributed by atoms with van der Waals surface area (Å²) in [6, 6.07) is 4.78. The molecule has 0 amide bonds. The van der Waals surface area contributed by atoms with Gasteiger partial charge in [-0.05, 0) is 43.4 Å². The molecule has 6 nitrogen and oxygen atoms in total. The van der Waals surface area contributed by atoms with E-state index in [1.54, 1.807) is 12.1 Å². The van der Waals surface area contributed by atoms with E-state index in [0.29, 0.717) is 18.2 Å². The predicted octanol–water partition coefficient (Wildman–Crippen LogP) is 2.24. The molecule has 0 bridgehead atoms. The lowest BCUT2D eigenvalue weighted by Gasteiger charge is -2.26. The van der Waals surface area contributed by atoms with Crippen LogP contribution in [0.5, 0.6) is 5.75 Å². The Morgan fingerprint density at radius 1 is 1.43 bits per heavy atom. The standard InChI is InChI=1S/C15H22N2O4/c1-21-15-7-12(5-13(8-15)17(19)20)10-16-9-11-3-2-4-14(18)6-11/h5,7-8,11,14,16,18H,2-4,6,9-10H2,1H3. The molecule has 2 unspecified atom stereocenters. The third-order valence-corrected chi connectivity index (χ3v) is 3.91. The number of nitrogens with zero attached hydrogens (tertiary/aromatic N) is 1. The van der Waals surface area contributed by atoms with E-state index in [1.807, 2.05) is 0 Å². The number of non-ortho nitro benzene ring substituents is 1.